The Hall–Kier alpha value is -1.84. The average molecular weight is 231 g/mol. The normalized spacial score (nSPS) is 10.6. The van der Waals surface area contributed by atoms with Crippen molar-refractivity contribution < 1.29 is 4.79 Å². The fraction of sp³-hybridized carbons (Fsp3) is 0.385. The molecule has 0 aliphatic heterocycles. The molecule has 1 heterocycles. The minimum Gasteiger partial charge on any atom is -0.351 e. The second kappa shape index (κ2) is 5.48. The van der Waals surface area contributed by atoms with Crippen molar-refractivity contribution in [1.29, 1.82) is 0 Å². The van der Waals surface area contributed by atoms with Crippen LogP contribution in [0.3, 0.4) is 0 Å². The Balaban J connectivity index is 2.37. The summed E-state index contributed by atoms with van der Waals surface area (Å²) in [4.78, 5) is 14.9. The van der Waals surface area contributed by atoms with E-state index in [1.165, 1.54) is 0 Å². The van der Waals surface area contributed by atoms with E-state index in [1.807, 2.05) is 18.2 Å². The van der Waals surface area contributed by atoms with Crippen LogP contribution < -0.4 is 5.32 Å². The van der Waals surface area contributed by atoms with Crippen LogP contribution in [-0.2, 0) is 17.9 Å². The molecule has 0 atom stereocenters. The number of rotatable bonds is 6. The zero-order valence-electron chi connectivity index (χ0n) is 10.0. The largest absolute Gasteiger partial charge is 0.351 e. The number of benzene rings is 1. The molecular weight excluding hydrogens is 214 g/mol. The summed E-state index contributed by atoms with van der Waals surface area (Å²) in [5.41, 5.74) is 2.13. The van der Waals surface area contributed by atoms with Crippen molar-refractivity contribution in [3.05, 3.63) is 30.1 Å². The number of fused-ring (bicyclic) bond motifs is 1. The Kier molecular flexibility index (Phi) is 3.75. The molecule has 0 radical (unpaired) electrons. The maximum Gasteiger partial charge on any atom is 0.207 e. The van der Waals surface area contributed by atoms with Crippen LogP contribution in [0.1, 0.15) is 25.6 Å². The molecule has 90 valence electrons. The molecule has 0 spiro atoms. The van der Waals surface area contributed by atoms with E-state index in [2.05, 4.69) is 27.9 Å². The molecule has 0 bridgehead atoms. The second-order valence-corrected chi connectivity index (χ2v) is 4.02. The number of aromatic nitrogens is 2. The van der Waals surface area contributed by atoms with Crippen LogP contribution in [0.25, 0.3) is 11.0 Å². The lowest BCUT2D eigenvalue weighted by atomic mass is 10.3. The lowest BCUT2D eigenvalue weighted by Crippen LogP contribution is -2.15. The number of hydrogen-bond acceptors (Lipinski definition) is 2. The van der Waals surface area contributed by atoms with Crippen molar-refractivity contribution in [2.45, 2.75) is 32.9 Å². The highest BCUT2D eigenvalue weighted by molar-refractivity contribution is 5.75. The third-order valence-electron chi connectivity index (χ3n) is 2.81. The number of carbonyl (C=O) groups is 1. The summed E-state index contributed by atoms with van der Waals surface area (Å²) in [6.45, 7) is 3.61. The fourth-order valence-corrected chi connectivity index (χ4v) is 1.96. The fourth-order valence-electron chi connectivity index (χ4n) is 1.96. The molecule has 1 amide bonds. The number of nitrogens with zero attached hydrogens (tertiary/aromatic N) is 2. The predicted molar refractivity (Wildman–Crippen MR) is 67.5 cm³/mol. The zero-order chi connectivity index (χ0) is 12.1. The average Bonchev–Trinajstić information content (AvgIpc) is 2.71. The van der Waals surface area contributed by atoms with Crippen LogP contribution >= 0.6 is 0 Å². The molecule has 0 fully saturated rings. The number of para-hydroxylation sites is 2. The molecule has 4 heteroatoms. The van der Waals surface area contributed by atoms with Gasteiger partial charge in [0.2, 0.25) is 6.41 Å². The van der Waals surface area contributed by atoms with Gasteiger partial charge in [0.25, 0.3) is 0 Å². The van der Waals surface area contributed by atoms with E-state index in [0.717, 1.165) is 36.2 Å². The topological polar surface area (TPSA) is 46.9 Å². The molecule has 4 nitrogen and oxygen atoms in total. The van der Waals surface area contributed by atoms with E-state index < -0.39 is 0 Å². The number of imidazole rings is 1. The van der Waals surface area contributed by atoms with Crippen LogP contribution in [0.2, 0.25) is 0 Å². The van der Waals surface area contributed by atoms with Gasteiger partial charge in [0.1, 0.15) is 5.82 Å². The Morgan fingerprint density at radius 2 is 2.24 bits per heavy atom. The van der Waals surface area contributed by atoms with E-state index in [4.69, 9.17) is 0 Å². The van der Waals surface area contributed by atoms with Crippen molar-refractivity contribution in [3.63, 3.8) is 0 Å². The molecule has 1 aromatic carbocycles. The summed E-state index contributed by atoms with van der Waals surface area (Å²) in [5, 5.41) is 2.68. The summed E-state index contributed by atoms with van der Waals surface area (Å²) in [6, 6.07) is 8.07. The van der Waals surface area contributed by atoms with Gasteiger partial charge in [-0.2, -0.15) is 0 Å². The minimum atomic E-state index is 0.488. The Morgan fingerprint density at radius 3 is 3.00 bits per heavy atom. The first kappa shape index (κ1) is 11.6. The monoisotopic (exact) mass is 231 g/mol. The summed E-state index contributed by atoms with van der Waals surface area (Å²) >= 11 is 0. The predicted octanol–water partition coefficient (Wildman–Crippen LogP) is 2.08. The van der Waals surface area contributed by atoms with Gasteiger partial charge in [0, 0.05) is 6.54 Å². The van der Waals surface area contributed by atoms with Crippen molar-refractivity contribution in [2.24, 2.45) is 0 Å². The van der Waals surface area contributed by atoms with Crippen molar-refractivity contribution >= 4 is 17.4 Å². The third-order valence-corrected chi connectivity index (χ3v) is 2.81. The lowest BCUT2D eigenvalue weighted by molar-refractivity contribution is -0.109. The number of carbonyl (C=O) groups excluding carboxylic acids is 1. The van der Waals surface area contributed by atoms with Crippen LogP contribution in [0, 0.1) is 0 Å². The van der Waals surface area contributed by atoms with E-state index >= 15 is 0 Å². The smallest absolute Gasteiger partial charge is 0.207 e. The standard InChI is InChI=1S/C13H17N3O/c1-2-3-8-16-12-7-5-4-6-11(12)15-13(16)9-14-10-17/h4-7,10H,2-3,8-9H2,1H3,(H,14,17). The maximum atomic E-state index is 10.4. The van der Waals surface area contributed by atoms with Gasteiger partial charge in [-0.25, -0.2) is 4.98 Å². The van der Waals surface area contributed by atoms with Crippen LogP contribution in [-0.4, -0.2) is 16.0 Å². The molecule has 0 aliphatic carbocycles. The summed E-state index contributed by atoms with van der Waals surface area (Å²) in [5.74, 6) is 0.923. The number of aryl methyl sites for hydroxylation is 1. The zero-order valence-corrected chi connectivity index (χ0v) is 10.0. The Bertz CT molecular complexity index is 504. The lowest BCUT2D eigenvalue weighted by Gasteiger charge is -2.07. The molecule has 0 saturated carbocycles. The van der Waals surface area contributed by atoms with Gasteiger partial charge in [0.15, 0.2) is 0 Å². The molecular formula is C13H17N3O. The van der Waals surface area contributed by atoms with Gasteiger partial charge in [-0.05, 0) is 18.6 Å². The van der Waals surface area contributed by atoms with Gasteiger partial charge >= 0.3 is 0 Å². The summed E-state index contributed by atoms with van der Waals surface area (Å²) in [7, 11) is 0. The molecule has 0 saturated heterocycles. The van der Waals surface area contributed by atoms with Gasteiger partial charge in [-0.1, -0.05) is 25.5 Å². The number of unbranched alkanes of at least 4 members (excludes halogenated alkanes) is 1. The SMILES string of the molecule is CCCCn1c(CNC=O)nc2ccccc21. The quantitative estimate of drug-likeness (QED) is 0.774. The Morgan fingerprint density at radius 1 is 1.41 bits per heavy atom. The first-order valence-corrected chi connectivity index (χ1v) is 5.98. The number of amides is 1. The molecule has 0 unspecified atom stereocenters. The van der Waals surface area contributed by atoms with Crippen LogP contribution in [0.15, 0.2) is 24.3 Å². The van der Waals surface area contributed by atoms with E-state index in [9.17, 15) is 4.79 Å². The minimum absolute atomic E-state index is 0.488. The van der Waals surface area contributed by atoms with Gasteiger partial charge in [0.05, 0.1) is 17.6 Å². The highest BCUT2D eigenvalue weighted by Crippen LogP contribution is 2.16. The van der Waals surface area contributed by atoms with Crippen molar-refractivity contribution in [2.75, 3.05) is 0 Å². The Labute approximate surface area is 101 Å². The molecule has 2 rings (SSSR count). The molecule has 17 heavy (non-hydrogen) atoms. The highest BCUT2D eigenvalue weighted by Gasteiger charge is 2.08. The third kappa shape index (κ3) is 2.46. The molecule has 2 aromatic rings. The van der Waals surface area contributed by atoms with Crippen LogP contribution in [0.5, 0.6) is 0 Å². The van der Waals surface area contributed by atoms with E-state index in [-0.39, 0.29) is 0 Å². The number of hydrogen-bond donors (Lipinski definition) is 1. The molecule has 0 aliphatic rings. The first-order chi connectivity index (χ1) is 8.36. The molecule has 1 aromatic heterocycles. The van der Waals surface area contributed by atoms with Gasteiger partial charge < -0.3 is 9.88 Å². The van der Waals surface area contributed by atoms with Crippen molar-refractivity contribution in [1.82, 2.24) is 14.9 Å². The number of nitrogens with one attached hydrogen (secondary N) is 1. The summed E-state index contributed by atoms with van der Waals surface area (Å²) < 4.78 is 2.19. The van der Waals surface area contributed by atoms with Crippen molar-refractivity contribution in [3.8, 4) is 0 Å². The second-order valence-electron chi connectivity index (χ2n) is 4.02. The van der Waals surface area contributed by atoms with Crippen LogP contribution in [0.4, 0.5) is 0 Å². The van der Waals surface area contributed by atoms with Gasteiger partial charge in [-0.15, -0.1) is 0 Å². The van der Waals surface area contributed by atoms with E-state index in [1.54, 1.807) is 0 Å². The van der Waals surface area contributed by atoms with Gasteiger partial charge in [-0.3, -0.25) is 4.79 Å². The van der Waals surface area contributed by atoms with E-state index in [0.29, 0.717) is 13.0 Å². The maximum absolute atomic E-state index is 10.4. The summed E-state index contributed by atoms with van der Waals surface area (Å²) in [6.07, 6.45) is 2.98. The molecule has 1 N–H and O–H groups in total. The highest BCUT2D eigenvalue weighted by atomic mass is 16.1. The first-order valence-electron chi connectivity index (χ1n) is 5.98.